The summed E-state index contributed by atoms with van der Waals surface area (Å²) in [6.45, 7) is 0. The number of nitrogens with one attached hydrogen (secondary N) is 1. The minimum atomic E-state index is -0.0393. The highest BCUT2D eigenvalue weighted by molar-refractivity contribution is 6.18. The van der Waals surface area contributed by atoms with Crippen molar-refractivity contribution in [3.63, 3.8) is 0 Å². The van der Waals surface area contributed by atoms with Crippen molar-refractivity contribution in [2.24, 2.45) is 0 Å². The van der Waals surface area contributed by atoms with E-state index in [0.29, 0.717) is 24.5 Å². The highest BCUT2D eigenvalue weighted by Crippen LogP contribution is 2.23. The van der Waals surface area contributed by atoms with Gasteiger partial charge in [-0.2, -0.15) is 0 Å². The lowest BCUT2D eigenvalue weighted by Crippen LogP contribution is -2.11. The number of hydrogen-bond donors (Lipinski definition) is 1. The van der Waals surface area contributed by atoms with Gasteiger partial charge in [-0.25, -0.2) is 0 Å². The predicted molar refractivity (Wildman–Crippen MR) is 81.5 cm³/mol. The van der Waals surface area contributed by atoms with Crippen LogP contribution >= 0.6 is 11.6 Å². The molecule has 0 aliphatic rings. The summed E-state index contributed by atoms with van der Waals surface area (Å²) in [5.74, 6) is 1.90. The van der Waals surface area contributed by atoms with Crippen molar-refractivity contribution in [1.82, 2.24) is 0 Å². The van der Waals surface area contributed by atoms with Gasteiger partial charge in [0.05, 0.1) is 0 Å². The molecule has 0 aliphatic heterocycles. The Balaban J connectivity index is 1.99. The molecule has 0 radical (unpaired) electrons. The smallest absolute Gasteiger partial charge is 0.224 e. The van der Waals surface area contributed by atoms with E-state index in [4.69, 9.17) is 16.3 Å². The molecule has 1 N–H and O–H groups in total. The minimum absolute atomic E-state index is 0.0393. The second-order valence-electron chi connectivity index (χ2n) is 4.28. The number of carbonyl (C=O) groups is 1. The third-order valence-electron chi connectivity index (χ3n) is 2.63. The first kappa shape index (κ1) is 14.4. The lowest BCUT2D eigenvalue weighted by Gasteiger charge is -2.08. The average molecular weight is 290 g/mol. The molecule has 0 fully saturated rings. The molecule has 104 valence electrons. The van der Waals surface area contributed by atoms with Gasteiger partial charge in [0.15, 0.2) is 0 Å². The quantitative estimate of drug-likeness (QED) is 0.799. The van der Waals surface area contributed by atoms with Crippen LogP contribution in [0.15, 0.2) is 54.6 Å². The van der Waals surface area contributed by atoms with Crippen LogP contribution in [-0.4, -0.2) is 11.8 Å². The Morgan fingerprint density at radius 1 is 1.05 bits per heavy atom. The number of carbonyl (C=O) groups excluding carboxylic acids is 1. The zero-order chi connectivity index (χ0) is 14.2. The maximum Gasteiger partial charge on any atom is 0.224 e. The van der Waals surface area contributed by atoms with E-state index >= 15 is 0 Å². The lowest BCUT2D eigenvalue weighted by molar-refractivity contribution is -0.116. The zero-order valence-electron chi connectivity index (χ0n) is 11.0. The van der Waals surface area contributed by atoms with Gasteiger partial charge in [0.2, 0.25) is 5.91 Å². The SMILES string of the molecule is O=C(CCCCl)Nc1cccc(Oc2ccccc2)c1. The van der Waals surface area contributed by atoms with Crippen molar-refractivity contribution in [3.8, 4) is 11.5 Å². The van der Waals surface area contributed by atoms with Gasteiger partial charge >= 0.3 is 0 Å². The summed E-state index contributed by atoms with van der Waals surface area (Å²) in [6, 6.07) is 16.8. The summed E-state index contributed by atoms with van der Waals surface area (Å²) in [5.41, 5.74) is 0.720. The molecule has 1 amide bonds. The maximum absolute atomic E-state index is 11.6. The predicted octanol–water partition coefficient (Wildman–Crippen LogP) is 4.44. The molecule has 2 aromatic rings. The molecule has 20 heavy (non-hydrogen) atoms. The van der Waals surface area contributed by atoms with E-state index in [-0.39, 0.29) is 5.91 Å². The highest BCUT2D eigenvalue weighted by atomic mass is 35.5. The van der Waals surface area contributed by atoms with Crippen molar-refractivity contribution in [2.75, 3.05) is 11.2 Å². The highest BCUT2D eigenvalue weighted by Gasteiger charge is 2.03. The molecule has 0 unspecified atom stereocenters. The van der Waals surface area contributed by atoms with E-state index in [1.54, 1.807) is 6.07 Å². The van der Waals surface area contributed by atoms with E-state index in [1.807, 2.05) is 48.5 Å². The van der Waals surface area contributed by atoms with Gasteiger partial charge in [-0.3, -0.25) is 4.79 Å². The molecule has 0 bridgehead atoms. The van der Waals surface area contributed by atoms with Gasteiger partial charge < -0.3 is 10.1 Å². The fourth-order valence-electron chi connectivity index (χ4n) is 1.71. The zero-order valence-corrected chi connectivity index (χ0v) is 11.8. The van der Waals surface area contributed by atoms with Crippen LogP contribution in [0.3, 0.4) is 0 Å². The Morgan fingerprint density at radius 3 is 2.55 bits per heavy atom. The molecular formula is C16H16ClNO2. The van der Waals surface area contributed by atoms with Crippen LogP contribution in [0.25, 0.3) is 0 Å². The summed E-state index contributed by atoms with van der Waals surface area (Å²) in [5, 5.41) is 2.83. The first-order chi connectivity index (χ1) is 9.78. The second kappa shape index (κ2) is 7.56. The molecule has 0 spiro atoms. The summed E-state index contributed by atoms with van der Waals surface area (Å²) < 4.78 is 5.71. The van der Waals surface area contributed by atoms with E-state index in [0.717, 1.165) is 11.4 Å². The number of hydrogen-bond acceptors (Lipinski definition) is 2. The topological polar surface area (TPSA) is 38.3 Å². The molecule has 0 atom stereocenters. The van der Waals surface area contributed by atoms with Crippen molar-refractivity contribution in [1.29, 1.82) is 0 Å². The number of rotatable bonds is 6. The number of para-hydroxylation sites is 1. The van der Waals surface area contributed by atoms with Gasteiger partial charge in [0, 0.05) is 24.1 Å². The van der Waals surface area contributed by atoms with Crippen LogP contribution < -0.4 is 10.1 Å². The first-order valence-corrected chi connectivity index (χ1v) is 7.00. The third-order valence-corrected chi connectivity index (χ3v) is 2.90. The van der Waals surface area contributed by atoms with E-state index < -0.39 is 0 Å². The Morgan fingerprint density at radius 2 is 1.80 bits per heavy atom. The standard InChI is InChI=1S/C16H16ClNO2/c17-11-5-10-16(19)18-13-6-4-9-15(12-13)20-14-7-2-1-3-8-14/h1-4,6-9,12H,5,10-11H2,(H,18,19). The van der Waals surface area contributed by atoms with Crippen molar-refractivity contribution in [2.45, 2.75) is 12.8 Å². The van der Waals surface area contributed by atoms with E-state index in [1.165, 1.54) is 0 Å². The monoisotopic (exact) mass is 289 g/mol. The lowest BCUT2D eigenvalue weighted by atomic mass is 10.2. The molecule has 0 saturated heterocycles. The second-order valence-corrected chi connectivity index (χ2v) is 4.66. The fourth-order valence-corrected chi connectivity index (χ4v) is 1.85. The van der Waals surface area contributed by atoms with Gasteiger partial charge in [-0.15, -0.1) is 11.6 Å². The minimum Gasteiger partial charge on any atom is -0.457 e. The van der Waals surface area contributed by atoms with Crippen LogP contribution in [0.4, 0.5) is 5.69 Å². The van der Waals surface area contributed by atoms with Crippen LogP contribution in [0, 0.1) is 0 Å². The first-order valence-electron chi connectivity index (χ1n) is 6.47. The summed E-state index contributed by atoms with van der Waals surface area (Å²) in [4.78, 5) is 11.6. The Hall–Kier alpha value is -2.00. The van der Waals surface area contributed by atoms with Gasteiger partial charge in [-0.05, 0) is 30.7 Å². The Bertz CT molecular complexity index is 557. The van der Waals surface area contributed by atoms with Gasteiger partial charge in [0.1, 0.15) is 11.5 Å². The number of amides is 1. The summed E-state index contributed by atoms with van der Waals surface area (Å²) in [6.07, 6.45) is 1.10. The molecular weight excluding hydrogens is 274 g/mol. The number of halogens is 1. The van der Waals surface area contributed by atoms with Crippen LogP contribution in [0.1, 0.15) is 12.8 Å². The third kappa shape index (κ3) is 4.59. The molecule has 0 aliphatic carbocycles. The number of alkyl halides is 1. The van der Waals surface area contributed by atoms with Crippen molar-refractivity contribution < 1.29 is 9.53 Å². The number of anilines is 1. The largest absolute Gasteiger partial charge is 0.457 e. The Labute approximate surface area is 123 Å². The van der Waals surface area contributed by atoms with Crippen molar-refractivity contribution in [3.05, 3.63) is 54.6 Å². The van der Waals surface area contributed by atoms with Gasteiger partial charge in [-0.1, -0.05) is 24.3 Å². The van der Waals surface area contributed by atoms with Gasteiger partial charge in [0.25, 0.3) is 0 Å². The van der Waals surface area contributed by atoms with Crippen LogP contribution in [0.5, 0.6) is 11.5 Å². The molecule has 3 nitrogen and oxygen atoms in total. The molecule has 0 aromatic heterocycles. The molecule has 0 saturated carbocycles. The summed E-state index contributed by atoms with van der Waals surface area (Å²) >= 11 is 5.56. The average Bonchev–Trinajstić information content (AvgIpc) is 2.46. The molecule has 4 heteroatoms. The normalized spacial score (nSPS) is 10.1. The molecule has 2 aromatic carbocycles. The Kier molecular flexibility index (Phi) is 5.44. The van der Waals surface area contributed by atoms with Crippen molar-refractivity contribution >= 4 is 23.2 Å². The number of benzene rings is 2. The van der Waals surface area contributed by atoms with E-state index in [9.17, 15) is 4.79 Å². The fraction of sp³-hybridized carbons (Fsp3) is 0.188. The summed E-state index contributed by atoms with van der Waals surface area (Å²) in [7, 11) is 0. The molecule has 2 rings (SSSR count). The van der Waals surface area contributed by atoms with Crippen LogP contribution in [-0.2, 0) is 4.79 Å². The molecule has 0 heterocycles. The van der Waals surface area contributed by atoms with E-state index in [2.05, 4.69) is 5.32 Å². The maximum atomic E-state index is 11.6. The number of ether oxygens (including phenoxy) is 1. The van der Waals surface area contributed by atoms with Crippen LogP contribution in [0.2, 0.25) is 0 Å².